The number of fused-ring (bicyclic) bond motifs is 3. The van der Waals surface area contributed by atoms with E-state index in [4.69, 9.17) is 5.73 Å². The average molecular weight is 300 g/mol. The summed E-state index contributed by atoms with van der Waals surface area (Å²) >= 11 is 0. The van der Waals surface area contributed by atoms with Crippen LogP contribution >= 0.6 is 0 Å². The normalized spacial score (nSPS) is 12.6. The lowest BCUT2D eigenvalue weighted by Crippen LogP contribution is -2.25. The van der Waals surface area contributed by atoms with E-state index in [1.807, 2.05) is 6.92 Å². The lowest BCUT2D eigenvalue weighted by Gasteiger charge is -2.10. The summed E-state index contributed by atoms with van der Waals surface area (Å²) in [6, 6.07) is 6.48. The number of rotatable bonds is 4. The van der Waals surface area contributed by atoms with Crippen LogP contribution in [0.2, 0.25) is 0 Å². The lowest BCUT2D eigenvalue weighted by atomic mass is 10.1. The molecule has 0 radical (unpaired) electrons. The second kappa shape index (κ2) is 5.19. The summed E-state index contributed by atoms with van der Waals surface area (Å²) in [5.41, 5.74) is 7.44. The number of aromatic nitrogens is 2. The van der Waals surface area contributed by atoms with Crippen molar-refractivity contribution in [2.75, 3.05) is 11.9 Å². The van der Waals surface area contributed by atoms with Crippen molar-refractivity contribution in [3.63, 3.8) is 0 Å². The minimum atomic E-state index is -1.05. The van der Waals surface area contributed by atoms with Gasteiger partial charge >= 0.3 is 5.97 Å². The van der Waals surface area contributed by atoms with Gasteiger partial charge in [0, 0.05) is 40.5 Å². The van der Waals surface area contributed by atoms with Crippen molar-refractivity contribution in [1.29, 1.82) is 0 Å². The Kier molecular flexibility index (Phi) is 3.34. The Morgan fingerprint density at radius 2 is 2.00 bits per heavy atom. The third-order valence-electron chi connectivity index (χ3n) is 3.48. The maximum Gasteiger partial charge on any atom is 0.354 e. The molecule has 7 nitrogen and oxygen atoms in total. The van der Waals surface area contributed by atoms with Crippen LogP contribution < -0.4 is 16.6 Å². The quantitative estimate of drug-likeness (QED) is 0.499. The lowest BCUT2D eigenvalue weighted by molar-refractivity contribution is 0.0692. The number of carboxylic acid groups (broad SMARTS) is 1. The number of hydrogen-bond donors (Lipinski definition) is 5. The Hall–Kier alpha value is -2.80. The highest BCUT2D eigenvalue weighted by atomic mass is 16.4. The molecular weight excluding hydrogens is 284 g/mol. The van der Waals surface area contributed by atoms with Crippen molar-refractivity contribution < 1.29 is 9.90 Å². The molecule has 0 spiro atoms. The molecule has 3 aromatic rings. The largest absolute Gasteiger partial charge is 0.477 e. The van der Waals surface area contributed by atoms with Gasteiger partial charge in [0.2, 0.25) is 5.56 Å². The van der Waals surface area contributed by atoms with Gasteiger partial charge in [-0.3, -0.25) is 4.79 Å². The Balaban J connectivity index is 2.33. The fourth-order valence-corrected chi connectivity index (χ4v) is 2.53. The second-order valence-electron chi connectivity index (χ2n) is 5.31. The van der Waals surface area contributed by atoms with E-state index in [-0.39, 0.29) is 17.3 Å². The van der Waals surface area contributed by atoms with Gasteiger partial charge in [0.15, 0.2) is 0 Å². The van der Waals surface area contributed by atoms with E-state index in [2.05, 4.69) is 15.3 Å². The zero-order valence-electron chi connectivity index (χ0n) is 11.9. The summed E-state index contributed by atoms with van der Waals surface area (Å²) < 4.78 is 0. The van der Waals surface area contributed by atoms with Gasteiger partial charge in [-0.2, -0.15) is 0 Å². The molecule has 7 heteroatoms. The van der Waals surface area contributed by atoms with E-state index >= 15 is 0 Å². The molecule has 0 amide bonds. The van der Waals surface area contributed by atoms with Gasteiger partial charge in [0.25, 0.3) is 0 Å². The summed E-state index contributed by atoms with van der Waals surface area (Å²) in [5.74, 6) is -1.05. The first-order valence-electron chi connectivity index (χ1n) is 6.88. The number of benzene rings is 1. The number of carboxylic acids is 1. The third kappa shape index (κ3) is 2.31. The maximum absolute atomic E-state index is 11.5. The Bertz CT molecular complexity index is 924. The Labute approximate surface area is 125 Å². The topological polar surface area (TPSA) is 124 Å². The standard InChI is InChI=1S/C15H16N4O3/c1-7(16)6-17-13-12-8-2-5-11(20)18-9(8)3-4-10(12)19-14(13)15(21)22/h2-5,7,17,19H,6,16H2,1H3,(H,18,20)(H,21,22)/t7-/m1/s1. The molecule has 22 heavy (non-hydrogen) atoms. The van der Waals surface area contributed by atoms with Crippen molar-refractivity contribution in [2.24, 2.45) is 5.73 Å². The highest BCUT2D eigenvalue weighted by molar-refractivity contribution is 6.16. The maximum atomic E-state index is 11.5. The second-order valence-corrected chi connectivity index (χ2v) is 5.31. The number of nitrogens with two attached hydrogens (primary N) is 1. The van der Waals surface area contributed by atoms with Crippen LogP contribution in [0.15, 0.2) is 29.1 Å². The summed E-state index contributed by atoms with van der Waals surface area (Å²) in [6.07, 6.45) is 0. The summed E-state index contributed by atoms with van der Waals surface area (Å²) in [4.78, 5) is 28.6. The van der Waals surface area contributed by atoms with Gasteiger partial charge in [0.1, 0.15) is 5.69 Å². The number of carbonyl (C=O) groups is 1. The molecule has 0 aliphatic carbocycles. The minimum absolute atomic E-state index is 0.0781. The molecule has 3 rings (SSSR count). The molecule has 1 aromatic carbocycles. The number of aromatic carboxylic acids is 1. The summed E-state index contributed by atoms with van der Waals surface area (Å²) in [6.45, 7) is 2.27. The number of hydrogen-bond acceptors (Lipinski definition) is 4. The Morgan fingerprint density at radius 1 is 1.27 bits per heavy atom. The van der Waals surface area contributed by atoms with Crippen LogP contribution in [0, 0.1) is 0 Å². The molecule has 0 saturated carbocycles. The van der Waals surface area contributed by atoms with Gasteiger partial charge < -0.3 is 26.1 Å². The van der Waals surface area contributed by atoms with Gasteiger partial charge in [-0.15, -0.1) is 0 Å². The summed E-state index contributed by atoms with van der Waals surface area (Å²) in [7, 11) is 0. The molecule has 0 fully saturated rings. The number of H-pyrrole nitrogens is 2. The minimum Gasteiger partial charge on any atom is -0.477 e. The third-order valence-corrected chi connectivity index (χ3v) is 3.48. The van der Waals surface area contributed by atoms with Crippen molar-refractivity contribution >= 4 is 33.5 Å². The smallest absolute Gasteiger partial charge is 0.354 e. The molecule has 0 unspecified atom stereocenters. The molecule has 0 aliphatic rings. The fourth-order valence-electron chi connectivity index (χ4n) is 2.53. The molecule has 1 atom stereocenters. The van der Waals surface area contributed by atoms with E-state index in [1.54, 1.807) is 18.2 Å². The van der Waals surface area contributed by atoms with E-state index < -0.39 is 5.97 Å². The van der Waals surface area contributed by atoms with E-state index in [0.29, 0.717) is 23.3 Å². The average Bonchev–Trinajstić information content (AvgIpc) is 2.83. The predicted octanol–water partition coefficient (Wildman–Crippen LogP) is 1.47. The van der Waals surface area contributed by atoms with E-state index in [0.717, 1.165) is 10.8 Å². The van der Waals surface area contributed by atoms with Gasteiger partial charge in [-0.25, -0.2) is 4.79 Å². The first kappa shape index (κ1) is 14.2. The van der Waals surface area contributed by atoms with Crippen LogP contribution in [0.4, 0.5) is 5.69 Å². The molecule has 114 valence electrons. The monoisotopic (exact) mass is 300 g/mol. The highest BCUT2D eigenvalue weighted by Crippen LogP contribution is 2.33. The van der Waals surface area contributed by atoms with Gasteiger partial charge in [-0.05, 0) is 25.1 Å². The van der Waals surface area contributed by atoms with Crippen LogP contribution in [-0.4, -0.2) is 33.6 Å². The zero-order chi connectivity index (χ0) is 15.9. The van der Waals surface area contributed by atoms with Crippen molar-refractivity contribution in [3.8, 4) is 0 Å². The SMILES string of the molecule is C[C@@H](N)CNc1c(C(=O)O)[nH]c2ccc3[nH]c(=O)ccc3c12. The molecular formula is C15H16N4O3. The predicted molar refractivity (Wildman–Crippen MR) is 85.5 cm³/mol. The Morgan fingerprint density at radius 3 is 2.68 bits per heavy atom. The first-order chi connectivity index (χ1) is 10.5. The number of aromatic amines is 2. The van der Waals surface area contributed by atoms with Crippen LogP contribution in [0.25, 0.3) is 21.8 Å². The van der Waals surface area contributed by atoms with E-state index in [9.17, 15) is 14.7 Å². The molecule has 2 aromatic heterocycles. The first-order valence-corrected chi connectivity index (χ1v) is 6.88. The molecule has 0 saturated heterocycles. The molecule has 2 heterocycles. The zero-order valence-corrected chi connectivity index (χ0v) is 11.9. The van der Waals surface area contributed by atoms with Gasteiger partial charge in [0.05, 0.1) is 5.69 Å². The molecule has 6 N–H and O–H groups in total. The number of nitrogens with one attached hydrogen (secondary N) is 3. The van der Waals surface area contributed by atoms with Crippen molar-refractivity contribution in [2.45, 2.75) is 13.0 Å². The van der Waals surface area contributed by atoms with Crippen molar-refractivity contribution in [3.05, 3.63) is 40.3 Å². The van der Waals surface area contributed by atoms with Crippen LogP contribution in [0.1, 0.15) is 17.4 Å². The molecule has 0 aliphatic heterocycles. The van der Waals surface area contributed by atoms with Crippen LogP contribution in [-0.2, 0) is 0 Å². The van der Waals surface area contributed by atoms with E-state index in [1.165, 1.54) is 6.07 Å². The number of anilines is 1. The highest BCUT2D eigenvalue weighted by Gasteiger charge is 2.19. The van der Waals surface area contributed by atoms with Crippen LogP contribution in [0.3, 0.4) is 0 Å². The van der Waals surface area contributed by atoms with Crippen LogP contribution in [0.5, 0.6) is 0 Å². The number of pyridine rings is 1. The summed E-state index contributed by atoms with van der Waals surface area (Å²) in [5, 5.41) is 14.0. The van der Waals surface area contributed by atoms with Gasteiger partial charge in [-0.1, -0.05) is 0 Å². The van der Waals surface area contributed by atoms with Crippen molar-refractivity contribution in [1.82, 2.24) is 9.97 Å². The fraction of sp³-hybridized carbons (Fsp3) is 0.200. The molecule has 0 bridgehead atoms.